The summed E-state index contributed by atoms with van der Waals surface area (Å²) < 4.78 is 0. The minimum absolute atomic E-state index is 0.193. The molecular formula is C17H20O. The van der Waals surface area contributed by atoms with Crippen LogP contribution in [0.5, 0.6) is 5.75 Å². The lowest BCUT2D eigenvalue weighted by Gasteiger charge is -2.29. The van der Waals surface area contributed by atoms with Crippen molar-refractivity contribution in [3.05, 3.63) is 64.7 Å². The first-order valence-corrected chi connectivity index (χ1v) is 6.29. The van der Waals surface area contributed by atoms with Crippen molar-refractivity contribution in [2.24, 2.45) is 0 Å². The molecule has 94 valence electrons. The molecule has 2 rings (SSSR count). The topological polar surface area (TPSA) is 20.2 Å². The summed E-state index contributed by atoms with van der Waals surface area (Å²) in [6.07, 6.45) is 0. The lowest BCUT2D eigenvalue weighted by Crippen LogP contribution is -2.20. The van der Waals surface area contributed by atoms with Gasteiger partial charge in [-0.25, -0.2) is 0 Å². The number of hydrogen-bond donors (Lipinski definition) is 1. The van der Waals surface area contributed by atoms with Crippen LogP contribution in [0.15, 0.2) is 42.5 Å². The SMILES string of the molecule is Cc1cccc(C(C)(C)c2c(C)cccc2O)c1. The third-order valence-corrected chi connectivity index (χ3v) is 3.62. The van der Waals surface area contributed by atoms with Gasteiger partial charge in [-0.1, -0.05) is 55.8 Å². The van der Waals surface area contributed by atoms with Gasteiger partial charge in [-0.05, 0) is 31.0 Å². The molecule has 0 amide bonds. The minimum atomic E-state index is -0.193. The van der Waals surface area contributed by atoms with Crippen LogP contribution in [0.1, 0.15) is 36.1 Å². The Balaban J connectivity index is 2.61. The van der Waals surface area contributed by atoms with Gasteiger partial charge in [-0.15, -0.1) is 0 Å². The molecule has 0 atom stereocenters. The summed E-state index contributed by atoms with van der Waals surface area (Å²) >= 11 is 0. The van der Waals surface area contributed by atoms with E-state index in [2.05, 4.69) is 45.0 Å². The molecule has 0 bridgehead atoms. The van der Waals surface area contributed by atoms with Gasteiger partial charge in [0.15, 0.2) is 0 Å². The predicted molar refractivity (Wildman–Crippen MR) is 76.2 cm³/mol. The highest BCUT2D eigenvalue weighted by atomic mass is 16.3. The Morgan fingerprint density at radius 1 is 0.944 bits per heavy atom. The second kappa shape index (κ2) is 4.49. The van der Waals surface area contributed by atoms with Gasteiger partial charge < -0.3 is 5.11 Å². The number of rotatable bonds is 2. The van der Waals surface area contributed by atoms with Crippen molar-refractivity contribution < 1.29 is 5.11 Å². The van der Waals surface area contributed by atoms with E-state index in [1.807, 2.05) is 19.1 Å². The molecule has 0 spiro atoms. The Morgan fingerprint density at radius 3 is 2.22 bits per heavy atom. The highest BCUT2D eigenvalue weighted by Crippen LogP contribution is 2.38. The summed E-state index contributed by atoms with van der Waals surface area (Å²) in [6, 6.07) is 14.2. The normalized spacial score (nSPS) is 11.6. The average Bonchev–Trinajstić information content (AvgIpc) is 2.28. The van der Waals surface area contributed by atoms with Crippen LogP contribution in [0.4, 0.5) is 0 Å². The summed E-state index contributed by atoms with van der Waals surface area (Å²) in [5.41, 5.74) is 4.42. The van der Waals surface area contributed by atoms with E-state index in [4.69, 9.17) is 0 Å². The molecule has 0 heterocycles. The number of phenols is 1. The predicted octanol–water partition coefficient (Wildman–Crippen LogP) is 4.33. The van der Waals surface area contributed by atoms with E-state index < -0.39 is 0 Å². The first kappa shape index (κ1) is 12.7. The van der Waals surface area contributed by atoms with Crippen LogP contribution in [0, 0.1) is 13.8 Å². The van der Waals surface area contributed by atoms with Gasteiger partial charge in [0.2, 0.25) is 0 Å². The quantitative estimate of drug-likeness (QED) is 0.828. The van der Waals surface area contributed by atoms with E-state index in [1.54, 1.807) is 6.07 Å². The molecule has 1 heteroatoms. The fourth-order valence-electron chi connectivity index (χ4n) is 2.64. The lowest BCUT2D eigenvalue weighted by molar-refractivity contribution is 0.452. The molecule has 1 N–H and O–H groups in total. The van der Waals surface area contributed by atoms with Crippen LogP contribution in [-0.4, -0.2) is 5.11 Å². The molecule has 0 unspecified atom stereocenters. The van der Waals surface area contributed by atoms with Crippen LogP contribution < -0.4 is 0 Å². The van der Waals surface area contributed by atoms with Crippen LogP contribution in [-0.2, 0) is 5.41 Å². The molecule has 0 fully saturated rings. The summed E-state index contributed by atoms with van der Waals surface area (Å²) in [4.78, 5) is 0. The highest BCUT2D eigenvalue weighted by molar-refractivity contribution is 5.49. The fraction of sp³-hybridized carbons (Fsp3) is 0.294. The van der Waals surface area contributed by atoms with Crippen LogP contribution >= 0.6 is 0 Å². The van der Waals surface area contributed by atoms with Gasteiger partial charge in [-0.3, -0.25) is 0 Å². The van der Waals surface area contributed by atoms with Gasteiger partial charge >= 0.3 is 0 Å². The Bertz CT molecular complexity index is 547. The number of aryl methyl sites for hydroxylation is 2. The third kappa shape index (κ3) is 2.13. The van der Waals surface area contributed by atoms with Crippen LogP contribution in [0.2, 0.25) is 0 Å². The van der Waals surface area contributed by atoms with Crippen molar-refractivity contribution in [1.29, 1.82) is 0 Å². The summed E-state index contributed by atoms with van der Waals surface area (Å²) in [7, 11) is 0. The van der Waals surface area contributed by atoms with Gasteiger partial charge in [0, 0.05) is 11.0 Å². The van der Waals surface area contributed by atoms with Crippen LogP contribution in [0.3, 0.4) is 0 Å². The Kier molecular flexibility index (Phi) is 3.16. The number of phenolic OH excluding ortho intramolecular Hbond substituents is 1. The summed E-state index contributed by atoms with van der Waals surface area (Å²) in [5, 5.41) is 10.2. The second-order valence-corrected chi connectivity index (χ2v) is 5.46. The molecule has 2 aromatic rings. The van der Waals surface area contributed by atoms with Crippen LogP contribution in [0.25, 0.3) is 0 Å². The highest BCUT2D eigenvalue weighted by Gasteiger charge is 2.27. The maximum Gasteiger partial charge on any atom is 0.119 e. The molecule has 2 aromatic carbocycles. The monoisotopic (exact) mass is 240 g/mol. The van der Waals surface area contributed by atoms with Crippen molar-refractivity contribution in [3.63, 3.8) is 0 Å². The smallest absolute Gasteiger partial charge is 0.119 e. The second-order valence-electron chi connectivity index (χ2n) is 5.46. The molecule has 0 aliphatic rings. The summed E-state index contributed by atoms with van der Waals surface area (Å²) in [5.74, 6) is 0.376. The lowest BCUT2D eigenvalue weighted by atomic mass is 9.75. The molecule has 18 heavy (non-hydrogen) atoms. The van der Waals surface area contributed by atoms with Crippen molar-refractivity contribution >= 4 is 0 Å². The van der Waals surface area contributed by atoms with Crippen molar-refractivity contribution in [2.75, 3.05) is 0 Å². The first-order chi connectivity index (χ1) is 8.43. The minimum Gasteiger partial charge on any atom is -0.508 e. The zero-order valence-corrected chi connectivity index (χ0v) is 11.5. The molecule has 1 nitrogen and oxygen atoms in total. The Hall–Kier alpha value is -1.76. The van der Waals surface area contributed by atoms with Gasteiger partial charge in [-0.2, -0.15) is 0 Å². The summed E-state index contributed by atoms with van der Waals surface area (Å²) in [6.45, 7) is 8.46. The van der Waals surface area contributed by atoms with E-state index in [0.717, 1.165) is 11.1 Å². The Morgan fingerprint density at radius 2 is 1.61 bits per heavy atom. The van der Waals surface area contributed by atoms with E-state index in [-0.39, 0.29) is 5.41 Å². The maximum atomic E-state index is 10.2. The molecular weight excluding hydrogens is 220 g/mol. The van der Waals surface area contributed by atoms with Crippen molar-refractivity contribution in [1.82, 2.24) is 0 Å². The molecule has 0 aliphatic carbocycles. The Labute approximate surface area is 109 Å². The fourth-order valence-corrected chi connectivity index (χ4v) is 2.64. The van der Waals surface area contributed by atoms with E-state index in [0.29, 0.717) is 5.75 Å². The van der Waals surface area contributed by atoms with Crippen molar-refractivity contribution in [3.8, 4) is 5.75 Å². The zero-order valence-electron chi connectivity index (χ0n) is 11.5. The maximum absolute atomic E-state index is 10.2. The van der Waals surface area contributed by atoms with Crippen molar-refractivity contribution in [2.45, 2.75) is 33.1 Å². The zero-order chi connectivity index (χ0) is 13.3. The van der Waals surface area contributed by atoms with Gasteiger partial charge in [0.25, 0.3) is 0 Å². The largest absolute Gasteiger partial charge is 0.508 e. The molecule has 0 aliphatic heterocycles. The number of benzene rings is 2. The molecule has 0 aromatic heterocycles. The standard InChI is InChI=1S/C17H20O/c1-12-7-5-9-14(11-12)17(3,4)16-13(2)8-6-10-15(16)18/h5-11,18H,1-4H3. The molecule has 0 saturated heterocycles. The molecule has 0 saturated carbocycles. The number of aromatic hydroxyl groups is 1. The van der Waals surface area contributed by atoms with Gasteiger partial charge in [0.1, 0.15) is 5.75 Å². The molecule has 0 radical (unpaired) electrons. The van der Waals surface area contributed by atoms with E-state index in [1.165, 1.54) is 11.1 Å². The van der Waals surface area contributed by atoms with E-state index >= 15 is 0 Å². The first-order valence-electron chi connectivity index (χ1n) is 6.29. The van der Waals surface area contributed by atoms with Gasteiger partial charge in [0.05, 0.1) is 0 Å². The van der Waals surface area contributed by atoms with E-state index in [9.17, 15) is 5.11 Å². The number of hydrogen-bond acceptors (Lipinski definition) is 1. The third-order valence-electron chi connectivity index (χ3n) is 3.62. The average molecular weight is 240 g/mol.